The molecule has 0 aliphatic rings. The van der Waals surface area contributed by atoms with Crippen molar-refractivity contribution in [1.29, 1.82) is 0 Å². The molecule has 1 N–H and O–H groups in total. The van der Waals surface area contributed by atoms with Crippen molar-refractivity contribution in [2.24, 2.45) is 0 Å². The molecule has 0 radical (unpaired) electrons. The number of rotatable bonds is 16. The lowest BCUT2D eigenvalue weighted by atomic mass is 9.88. The predicted octanol–water partition coefficient (Wildman–Crippen LogP) is 6.02. The fourth-order valence-electron chi connectivity index (χ4n) is 4.05. The molecule has 0 atom stereocenters. The lowest BCUT2D eigenvalue weighted by molar-refractivity contribution is -0.933. The Balaban J connectivity index is 3.88. The number of carboxylic acid groups (broad SMARTS) is 1. The molecule has 0 saturated carbocycles. The summed E-state index contributed by atoms with van der Waals surface area (Å²) in [5, 5.41) is 9.72. The van der Waals surface area contributed by atoms with Crippen LogP contribution in [0, 0.1) is 0 Å². The van der Waals surface area contributed by atoms with E-state index in [2.05, 4.69) is 21.0 Å². The van der Waals surface area contributed by atoms with Gasteiger partial charge in [-0.3, -0.25) is 0 Å². The van der Waals surface area contributed by atoms with Gasteiger partial charge in [-0.25, -0.2) is 4.79 Å². The van der Waals surface area contributed by atoms with Gasteiger partial charge < -0.3 is 9.59 Å². The third-order valence-electron chi connectivity index (χ3n) is 6.05. The molecule has 0 saturated heterocycles. The van der Waals surface area contributed by atoms with Gasteiger partial charge in [-0.2, -0.15) is 0 Å². The van der Waals surface area contributed by atoms with Crippen molar-refractivity contribution in [1.82, 2.24) is 0 Å². The molecule has 0 bridgehead atoms. The molecule has 0 fully saturated rings. The van der Waals surface area contributed by atoms with Crippen molar-refractivity contribution in [2.45, 2.75) is 110 Å². The van der Waals surface area contributed by atoms with Gasteiger partial charge in [0.25, 0.3) is 0 Å². The van der Waals surface area contributed by atoms with E-state index >= 15 is 0 Å². The Kier molecular flexibility index (Phi) is 12.4. The van der Waals surface area contributed by atoms with Crippen LogP contribution in [0.15, 0.2) is 0 Å². The van der Waals surface area contributed by atoms with E-state index in [9.17, 15) is 9.90 Å². The van der Waals surface area contributed by atoms with Crippen LogP contribution >= 0.6 is 0 Å². The third-order valence-corrected chi connectivity index (χ3v) is 6.05. The second-order valence-corrected chi connectivity index (χ2v) is 7.99. The van der Waals surface area contributed by atoms with E-state index in [0.29, 0.717) is 17.3 Å². The molecule has 0 aliphatic carbocycles. The molecular weight excluding hydrogens is 298 g/mol. The van der Waals surface area contributed by atoms with E-state index in [-0.39, 0.29) is 0 Å². The fourth-order valence-corrected chi connectivity index (χ4v) is 4.05. The Morgan fingerprint density at radius 3 is 1.46 bits per heavy atom. The van der Waals surface area contributed by atoms with Gasteiger partial charge in [0.2, 0.25) is 0 Å². The maximum atomic E-state index is 11.8. The van der Waals surface area contributed by atoms with Gasteiger partial charge in [0, 0.05) is 12.8 Å². The molecule has 0 heterocycles. The van der Waals surface area contributed by atoms with Crippen LogP contribution in [0.3, 0.4) is 0 Å². The van der Waals surface area contributed by atoms with Crippen LogP contribution in [-0.2, 0) is 4.79 Å². The highest BCUT2D eigenvalue weighted by Crippen LogP contribution is 2.30. The highest BCUT2D eigenvalue weighted by atomic mass is 16.4. The summed E-state index contributed by atoms with van der Waals surface area (Å²) in [6, 6.07) is 0. The number of hydrogen-bond acceptors (Lipinski definition) is 1. The maximum Gasteiger partial charge on any atom is 0.365 e. The van der Waals surface area contributed by atoms with Crippen molar-refractivity contribution >= 4 is 5.97 Å². The minimum absolute atomic E-state index is 0.604. The fraction of sp³-hybridized carbons (Fsp3) is 0.952. The van der Waals surface area contributed by atoms with Gasteiger partial charge in [-0.1, -0.05) is 78.6 Å². The Bertz CT molecular complexity index is 322. The molecule has 0 rings (SSSR count). The maximum absolute atomic E-state index is 11.8. The SMILES string of the molecule is CCCCCCCCCCCCC[N+](C)(C)C(CC)(CC)C(=O)O. The van der Waals surface area contributed by atoms with Crippen LogP contribution in [0.5, 0.6) is 0 Å². The summed E-state index contributed by atoms with van der Waals surface area (Å²) >= 11 is 0. The van der Waals surface area contributed by atoms with E-state index in [1.165, 1.54) is 64.2 Å². The molecule has 0 aromatic rings. The molecular formula is C21H44NO2+. The Hall–Kier alpha value is -0.570. The zero-order valence-electron chi connectivity index (χ0n) is 17.2. The number of likely N-dealkylation sites (N-methyl/N-ethyl adjacent to an activating group) is 1. The molecule has 0 aromatic carbocycles. The first-order chi connectivity index (χ1) is 11.4. The van der Waals surface area contributed by atoms with Gasteiger partial charge in [0.1, 0.15) is 0 Å². The number of aliphatic carboxylic acids is 1. The van der Waals surface area contributed by atoms with Crippen LogP contribution in [0.25, 0.3) is 0 Å². The second-order valence-electron chi connectivity index (χ2n) is 7.99. The second kappa shape index (κ2) is 12.7. The van der Waals surface area contributed by atoms with Crippen molar-refractivity contribution in [3.63, 3.8) is 0 Å². The molecule has 0 aliphatic heterocycles. The molecule has 0 aromatic heterocycles. The monoisotopic (exact) mass is 342 g/mol. The number of nitrogens with zero attached hydrogens (tertiary/aromatic N) is 1. The Morgan fingerprint density at radius 2 is 1.12 bits per heavy atom. The van der Waals surface area contributed by atoms with Crippen LogP contribution in [-0.4, -0.2) is 41.7 Å². The standard InChI is InChI=1S/C21H43NO2/c1-6-9-10-11-12-13-14-15-16-17-18-19-22(4,5)21(7-2,8-3)20(23)24/h6-19H2,1-5H3/p+1. The van der Waals surface area contributed by atoms with Gasteiger partial charge in [-0.15, -0.1) is 0 Å². The van der Waals surface area contributed by atoms with E-state index in [1.54, 1.807) is 0 Å². The molecule has 24 heavy (non-hydrogen) atoms. The van der Waals surface area contributed by atoms with E-state index in [0.717, 1.165) is 13.0 Å². The lowest BCUT2D eigenvalue weighted by Gasteiger charge is -2.45. The van der Waals surface area contributed by atoms with Gasteiger partial charge in [-0.05, 0) is 12.8 Å². The summed E-state index contributed by atoms with van der Waals surface area (Å²) in [4.78, 5) is 11.8. The van der Waals surface area contributed by atoms with Crippen LogP contribution in [0.2, 0.25) is 0 Å². The largest absolute Gasteiger partial charge is 0.477 e. The molecule has 0 spiro atoms. The smallest absolute Gasteiger partial charge is 0.365 e. The minimum Gasteiger partial charge on any atom is -0.477 e. The summed E-state index contributed by atoms with van der Waals surface area (Å²) in [5.74, 6) is -0.638. The predicted molar refractivity (Wildman–Crippen MR) is 104 cm³/mol. The van der Waals surface area contributed by atoms with Crippen molar-refractivity contribution in [3.05, 3.63) is 0 Å². The van der Waals surface area contributed by atoms with Crippen LogP contribution in [0.1, 0.15) is 104 Å². The highest BCUT2D eigenvalue weighted by molar-refractivity contribution is 5.77. The first kappa shape index (κ1) is 23.4. The molecule has 3 heteroatoms. The number of carbonyl (C=O) groups is 1. The highest BCUT2D eigenvalue weighted by Gasteiger charge is 2.49. The van der Waals surface area contributed by atoms with E-state index in [4.69, 9.17) is 0 Å². The third kappa shape index (κ3) is 7.55. The zero-order chi connectivity index (χ0) is 18.5. The summed E-state index contributed by atoms with van der Waals surface area (Å²) in [7, 11) is 4.19. The van der Waals surface area contributed by atoms with Gasteiger partial charge in [0.15, 0.2) is 5.54 Å². The summed E-state index contributed by atoms with van der Waals surface area (Å²) in [6.45, 7) is 7.25. The summed E-state index contributed by atoms with van der Waals surface area (Å²) in [6.07, 6.45) is 16.1. The first-order valence-electron chi connectivity index (χ1n) is 10.4. The zero-order valence-corrected chi connectivity index (χ0v) is 17.2. The van der Waals surface area contributed by atoms with Gasteiger partial charge >= 0.3 is 5.97 Å². The minimum atomic E-state index is -0.638. The molecule has 0 unspecified atom stereocenters. The number of unbranched alkanes of at least 4 members (excludes halogenated alkanes) is 10. The van der Waals surface area contributed by atoms with Crippen molar-refractivity contribution in [3.8, 4) is 0 Å². The Labute approximate surface area is 151 Å². The molecule has 0 amide bonds. The molecule has 144 valence electrons. The first-order valence-corrected chi connectivity index (χ1v) is 10.4. The average molecular weight is 343 g/mol. The normalized spacial score (nSPS) is 12.5. The van der Waals surface area contributed by atoms with Gasteiger partial charge in [0.05, 0.1) is 20.6 Å². The van der Waals surface area contributed by atoms with Crippen molar-refractivity contribution in [2.75, 3.05) is 20.6 Å². The van der Waals surface area contributed by atoms with E-state index < -0.39 is 11.5 Å². The number of carboxylic acids is 1. The lowest BCUT2D eigenvalue weighted by Crippen LogP contribution is -2.63. The topological polar surface area (TPSA) is 37.3 Å². The number of quaternary nitrogens is 1. The average Bonchev–Trinajstić information content (AvgIpc) is 2.53. The van der Waals surface area contributed by atoms with Crippen LogP contribution < -0.4 is 0 Å². The van der Waals surface area contributed by atoms with E-state index in [1.807, 2.05) is 13.8 Å². The Morgan fingerprint density at radius 1 is 0.750 bits per heavy atom. The quantitative estimate of drug-likeness (QED) is 0.275. The molecule has 3 nitrogen and oxygen atoms in total. The van der Waals surface area contributed by atoms with Crippen LogP contribution in [0.4, 0.5) is 0 Å². The van der Waals surface area contributed by atoms with Crippen molar-refractivity contribution < 1.29 is 14.4 Å². The number of hydrogen-bond donors (Lipinski definition) is 1. The summed E-state index contributed by atoms with van der Waals surface area (Å²) < 4.78 is 0.604. The summed E-state index contributed by atoms with van der Waals surface area (Å²) in [5.41, 5.74) is -0.626.